The van der Waals surface area contributed by atoms with E-state index in [0.29, 0.717) is 0 Å². The van der Waals surface area contributed by atoms with Crippen LogP contribution in [0.3, 0.4) is 0 Å². The Labute approximate surface area is 34.6 Å². The zero-order chi connectivity index (χ0) is 4.99. The normalized spacial score (nSPS) is 11.2. The van der Waals surface area contributed by atoms with Crippen molar-refractivity contribution >= 4 is 5.96 Å². The van der Waals surface area contributed by atoms with Gasteiger partial charge in [-0.15, -0.1) is 0 Å². The second-order valence-corrected chi connectivity index (χ2v) is 0.587. The van der Waals surface area contributed by atoms with E-state index >= 15 is 0 Å². The summed E-state index contributed by atoms with van der Waals surface area (Å²) in [6, 6.07) is 0. The van der Waals surface area contributed by atoms with Crippen molar-refractivity contribution in [2.45, 2.75) is 0 Å². The number of nitrogens with two attached hydrogens (primary N) is 2. The van der Waals surface area contributed by atoms with Crippen LogP contribution in [0.5, 0.6) is 0 Å². The molecule has 5 nitrogen and oxygen atoms in total. The molecular formula is CH5N4O. The third kappa shape index (κ3) is 1.36. The van der Waals surface area contributed by atoms with Crippen LogP contribution in [-0.4, -0.2) is 11.2 Å². The monoisotopic (exact) mass is 89.0 g/mol. The Balaban J connectivity index is 3.22. The highest BCUT2D eigenvalue weighted by molar-refractivity contribution is 5.75. The highest BCUT2D eigenvalue weighted by Crippen LogP contribution is 1.47. The van der Waals surface area contributed by atoms with Gasteiger partial charge in [-0.3, -0.25) is 0 Å². The molecule has 0 unspecified atom stereocenters. The van der Waals surface area contributed by atoms with Crippen LogP contribution in [0.1, 0.15) is 0 Å². The fourth-order valence-electron chi connectivity index (χ4n) is 0.0258. The van der Waals surface area contributed by atoms with Crippen molar-refractivity contribution in [3.05, 3.63) is 0 Å². The molecule has 5 heteroatoms. The average molecular weight is 89.1 g/mol. The van der Waals surface area contributed by atoms with Crippen LogP contribution < -0.4 is 17.0 Å². The van der Waals surface area contributed by atoms with Gasteiger partial charge in [0.15, 0.2) is 0 Å². The van der Waals surface area contributed by atoms with Crippen LogP contribution in [0.2, 0.25) is 0 Å². The number of nitrogens with zero attached hydrogens (tertiary/aromatic N) is 2. The molecule has 6 heavy (non-hydrogen) atoms. The van der Waals surface area contributed by atoms with Crippen LogP contribution in [-0.2, 0) is 0 Å². The zero-order valence-electron chi connectivity index (χ0n) is 3.00. The van der Waals surface area contributed by atoms with Gasteiger partial charge in [0, 0.05) is 0 Å². The fraction of sp³-hybridized carbons (Fsp3) is 0. The van der Waals surface area contributed by atoms with E-state index in [-0.39, 0.29) is 5.96 Å². The number of oxime groups is 1. The van der Waals surface area contributed by atoms with Crippen molar-refractivity contribution < 1.29 is 5.21 Å². The van der Waals surface area contributed by atoms with E-state index in [9.17, 15) is 0 Å². The molecule has 0 fully saturated rings. The highest BCUT2D eigenvalue weighted by Gasteiger charge is 1.79. The maximum Gasteiger partial charge on any atom is 0.268 e. The molecular weight excluding hydrogens is 84.0 g/mol. The molecule has 0 spiro atoms. The van der Waals surface area contributed by atoms with Gasteiger partial charge in [0.05, 0.1) is 0 Å². The van der Waals surface area contributed by atoms with Crippen LogP contribution in [0, 0.1) is 0 Å². The number of hydrogen-bond donors (Lipinski definition) is 3. The molecule has 0 bridgehead atoms. The van der Waals surface area contributed by atoms with Gasteiger partial charge < -0.3 is 10.9 Å². The van der Waals surface area contributed by atoms with Gasteiger partial charge in [0.1, 0.15) is 0 Å². The fourth-order valence-corrected chi connectivity index (χ4v) is 0.0258. The lowest BCUT2D eigenvalue weighted by Crippen LogP contribution is -2.29. The molecule has 0 aromatic heterocycles. The van der Waals surface area contributed by atoms with Crippen molar-refractivity contribution in [2.75, 3.05) is 0 Å². The Morgan fingerprint density at radius 2 is 2.17 bits per heavy atom. The van der Waals surface area contributed by atoms with Crippen LogP contribution in [0.25, 0.3) is 0 Å². The third-order valence-corrected chi connectivity index (χ3v) is 0.235. The summed E-state index contributed by atoms with van der Waals surface area (Å²) in [5.74, 6) is 4.17. The Morgan fingerprint density at radius 1 is 1.67 bits per heavy atom. The second kappa shape index (κ2) is 2.28. The predicted molar refractivity (Wildman–Crippen MR) is 19.7 cm³/mol. The van der Waals surface area contributed by atoms with Crippen molar-refractivity contribution in [3.8, 4) is 0 Å². The highest BCUT2D eigenvalue weighted by atomic mass is 16.4. The first-order valence-electron chi connectivity index (χ1n) is 1.19. The molecule has 0 aromatic rings. The van der Waals surface area contributed by atoms with E-state index in [0.717, 1.165) is 0 Å². The van der Waals surface area contributed by atoms with E-state index in [2.05, 4.69) is 22.2 Å². The lowest BCUT2D eigenvalue weighted by molar-refractivity contribution is 0.315. The number of hydrogen-bond acceptors (Lipinski definition) is 3. The minimum absolute atomic E-state index is 0.324. The number of guanidine groups is 1. The molecule has 0 aliphatic carbocycles. The van der Waals surface area contributed by atoms with Gasteiger partial charge in [-0.1, -0.05) is 0 Å². The van der Waals surface area contributed by atoms with E-state index in [1.54, 1.807) is 0 Å². The first-order valence-corrected chi connectivity index (χ1v) is 1.19. The largest absolute Gasteiger partial charge is 0.408 e. The molecule has 0 rings (SSSR count). The summed E-state index contributed by atoms with van der Waals surface area (Å²) >= 11 is 0. The van der Waals surface area contributed by atoms with Crippen molar-refractivity contribution in [1.82, 2.24) is 5.43 Å². The van der Waals surface area contributed by atoms with Crippen LogP contribution in [0.4, 0.5) is 0 Å². The molecule has 0 saturated heterocycles. The maximum atomic E-state index is 7.62. The van der Waals surface area contributed by atoms with Gasteiger partial charge in [0.25, 0.3) is 5.96 Å². The summed E-state index contributed by atoms with van der Waals surface area (Å²) in [6.45, 7) is 0. The third-order valence-electron chi connectivity index (χ3n) is 0.235. The summed E-state index contributed by atoms with van der Waals surface area (Å²) in [5.41, 5.74) is 7.47. The Morgan fingerprint density at radius 3 is 2.17 bits per heavy atom. The summed E-state index contributed by atoms with van der Waals surface area (Å²) in [7, 11) is 0. The topological polar surface area (TPSA) is 98.7 Å². The molecule has 0 saturated carbocycles. The van der Waals surface area contributed by atoms with Gasteiger partial charge in [-0.25, -0.2) is 5.84 Å². The number of rotatable bonds is 0. The van der Waals surface area contributed by atoms with E-state index in [4.69, 9.17) is 5.21 Å². The Kier molecular flexibility index (Phi) is 1.91. The summed E-state index contributed by atoms with van der Waals surface area (Å²) < 4.78 is 0. The van der Waals surface area contributed by atoms with Gasteiger partial charge >= 0.3 is 0 Å². The summed E-state index contributed by atoms with van der Waals surface area (Å²) in [4.78, 5) is 0. The quantitative estimate of drug-likeness (QED) is 0.107. The van der Waals surface area contributed by atoms with Crippen molar-refractivity contribution in [3.63, 3.8) is 0 Å². The van der Waals surface area contributed by atoms with Crippen LogP contribution in [0.15, 0.2) is 5.16 Å². The predicted octanol–water partition coefficient (Wildman–Crippen LogP) is -1.83. The van der Waals surface area contributed by atoms with Gasteiger partial charge in [-0.2, -0.15) is 5.43 Å². The van der Waals surface area contributed by atoms with E-state index < -0.39 is 0 Å². The molecule has 0 aliphatic heterocycles. The second-order valence-electron chi connectivity index (χ2n) is 0.587. The van der Waals surface area contributed by atoms with Gasteiger partial charge in [-0.05, 0) is 5.16 Å². The molecule has 0 amide bonds. The lowest BCUT2D eigenvalue weighted by Gasteiger charge is -1.83. The molecule has 1 radical (unpaired) electrons. The van der Waals surface area contributed by atoms with E-state index in [1.165, 1.54) is 0 Å². The van der Waals surface area contributed by atoms with Crippen molar-refractivity contribution in [1.29, 1.82) is 0 Å². The molecule has 0 heterocycles. The summed E-state index contributed by atoms with van der Waals surface area (Å²) in [5, 5.41) is 10.0. The maximum absolute atomic E-state index is 7.62. The van der Waals surface area contributed by atoms with E-state index in [1.807, 2.05) is 0 Å². The minimum atomic E-state index is -0.324. The Hall–Kier alpha value is -0.970. The first kappa shape index (κ1) is 5.03. The summed E-state index contributed by atoms with van der Waals surface area (Å²) in [6.07, 6.45) is 0. The van der Waals surface area contributed by atoms with Crippen LogP contribution >= 0.6 is 0 Å². The molecule has 35 valence electrons. The first-order chi connectivity index (χ1) is 2.81. The Bertz CT molecular complexity index is 58.6. The minimum Gasteiger partial charge on any atom is -0.408 e. The zero-order valence-corrected chi connectivity index (χ0v) is 3.00. The molecule has 0 aromatic carbocycles. The standard InChI is InChI=1S/CH5N4O/c2-1(4-3)5-6/h6H,3H2,(H2,2,5). The molecule has 0 aliphatic rings. The SMILES string of the molecule is N[N]/C(N)=N/O. The van der Waals surface area contributed by atoms with Crippen molar-refractivity contribution in [2.24, 2.45) is 16.7 Å². The van der Waals surface area contributed by atoms with Gasteiger partial charge in [0.2, 0.25) is 0 Å². The smallest absolute Gasteiger partial charge is 0.268 e. The lowest BCUT2D eigenvalue weighted by atomic mass is 11.1. The molecule has 5 N–H and O–H groups in total. The average Bonchev–Trinajstić information content (AvgIpc) is 1.65. The molecule has 0 atom stereocenters.